The Bertz CT molecular complexity index is 858. The van der Waals surface area contributed by atoms with Crippen molar-refractivity contribution in [1.29, 1.82) is 0 Å². The highest BCUT2D eigenvalue weighted by molar-refractivity contribution is 5.97. The van der Waals surface area contributed by atoms with Crippen molar-refractivity contribution >= 4 is 11.9 Å². The maximum Gasteiger partial charge on any atom is 0.347 e. The zero-order valence-corrected chi connectivity index (χ0v) is 18.2. The largest absolute Gasteiger partial charge is 0.496 e. The molecule has 30 heavy (non-hydrogen) atoms. The van der Waals surface area contributed by atoms with Crippen molar-refractivity contribution in [2.45, 2.75) is 52.1 Å². The van der Waals surface area contributed by atoms with Crippen molar-refractivity contribution in [2.75, 3.05) is 13.7 Å². The molecule has 0 unspecified atom stereocenters. The first kappa shape index (κ1) is 23.3. The minimum absolute atomic E-state index is 0.159. The first-order chi connectivity index (χ1) is 14.3. The number of rotatable bonds is 11. The van der Waals surface area contributed by atoms with E-state index in [4.69, 9.17) is 14.6 Å². The molecule has 0 aliphatic carbocycles. The number of benzene rings is 2. The number of nitrogens with one attached hydrogen (secondary N) is 1. The third-order valence-corrected chi connectivity index (χ3v) is 4.84. The second-order valence-electron chi connectivity index (χ2n) is 7.71. The van der Waals surface area contributed by atoms with Crippen molar-refractivity contribution in [3.05, 3.63) is 59.2 Å². The van der Waals surface area contributed by atoms with Gasteiger partial charge in [0.15, 0.2) is 5.60 Å². The molecule has 2 N–H and O–H groups in total. The molecule has 2 rings (SSSR count). The van der Waals surface area contributed by atoms with Crippen LogP contribution in [0.1, 0.15) is 55.1 Å². The summed E-state index contributed by atoms with van der Waals surface area (Å²) in [6.07, 6.45) is 3.77. The van der Waals surface area contributed by atoms with Gasteiger partial charge in [0.1, 0.15) is 11.5 Å². The van der Waals surface area contributed by atoms with E-state index >= 15 is 0 Å². The third-order valence-electron chi connectivity index (χ3n) is 4.84. The predicted octanol–water partition coefficient (Wildman–Crippen LogP) is 4.25. The number of carbonyl (C=O) groups is 2. The molecule has 0 saturated carbocycles. The van der Waals surface area contributed by atoms with Crippen LogP contribution in [0.5, 0.6) is 11.5 Å². The van der Waals surface area contributed by atoms with Gasteiger partial charge in [-0.15, -0.1) is 0 Å². The second-order valence-corrected chi connectivity index (χ2v) is 7.71. The van der Waals surface area contributed by atoms with Crippen molar-refractivity contribution in [3.8, 4) is 11.5 Å². The van der Waals surface area contributed by atoms with E-state index in [2.05, 4.69) is 12.2 Å². The Morgan fingerprint density at radius 3 is 2.30 bits per heavy atom. The van der Waals surface area contributed by atoms with E-state index < -0.39 is 11.6 Å². The monoisotopic (exact) mass is 413 g/mol. The van der Waals surface area contributed by atoms with E-state index in [0.29, 0.717) is 30.0 Å². The molecule has 2 aromatic rings. The third kappa shape index (κ3) is 6.51. The fourth-order valence-corrected chi connectivity index (χ4v) is 2.95. The van der Waals surface area contributed by atoms with Crippen LogP contribution in [-0.2, 0) is 17.6 Å². The van der Waals surface area contributed by atoms with Crippen LogP contribution in [0, 0.1) is 0 Å². The van der Waals surface area contributed by atoms with Gasteiger partial charge in [0.25, 0.3) is 5.91 Å². The van der Waals surface area contributed by atoms with Gasteiger partial charge in [0, 0.05) is 6.54 Å². The fourth-order valence-electron chi connectivity index (χ4n) is 2.95. The molecule has 0 saturated heterocycles. The second kappa shape index (κ2) is 10.7. The van der Waals surface area contributed by atoms with E-state index in [1.807, 2.05) is 30.3 Å². The lowest BCUT2D eigenvalue weighted by Crippen LogP contribution is -2.37. The SMILES string of the molecule is CCCCc1ccc(OC)c(C(=O)NCCc2ccc(OC(C)(C)C(=O)O)cc2)c1. The molecule has 0 heterocycles. The number of ether oxygens (including phenoxy) is 2. The van der Waals surface area contributed by atoms with Gasteiger partial charge in [0.2, 0.25) is 0 Å². The molecule has 2 aromatic carbocycles. The molecule has 0 atom stereocenters. The standard InChI is InChI=1S/C24H31NO5/c1-5-6-7-18-10-13-21(29-4)20(16-18)22(26)25-15-14-17-8-11-19(12-9-17)30-24(2,3)23(27)28/h8-13,16H,5-7,14-15H2,1-4H3,(H,25,26)(H,27,28). The van der Waals surface area contributed by atoms with E-state index in [1.54, 1.807) is 19.2 Å². The molecule has 0 aliphatic heterocycles. The number of hydrogen-bond acceptors (Lipinski definition) is 4. The minimum Gasteiger partial charge on any atom is -0.496 e. The van der Waals surface area contributed by atoms with Gasteiger partial charge >= 0.3 is 5.97 Å². The Morgan fingerprint density at radius 2 is 1.70 bits per heavy atom. The summed E-state index contributed by atoms with van der Waals surface area (Å²) in [4.78, 5) is 23.8. The fraction of sp³-hybridized carbons (Fsp3) is 0.417. The number of hydrogen-bond donors (Lipinski definition) is 2. The Balaban J connectivity index is 1.93. The van der Waals surface area contributed by atoms with Crippen LogP contribution in [0.3, 0.4) is 0 Å². The molecule has 162 valence electrons. The molecular weight excluding hydrogens is 382 g/mol. The Morgan fingerprint density at radius 1 is 1.03 bits per heavy atom. The minimum atomic E-state index is -1.29. The number of aliphatic carboxylic acids is 1. The summed E-state index contributed by atoms with van der Waals surface area (Å²) in [6, 6.07) is 13.0. The van der Waals surface area contributed by atoms with Gasteiger partial charge in [-0.05, 0) is 68.5 Å². The van der Waals surface area contributed by atoms with Crippen LogP contribution in [0.4, 0.5) is 0 Å². The molecule has 6 nitrogen and oxygen atoms in total. The van der Waals surface area contributed by atoms with E-state index in [0.717, 1.165) is 30.4 Å². The quantitative estimate of drug-likeness (QED) is 0.575. The Hall–Kier alpha value is -3.02. The molecule has 0 aliphatic rings. The van der Waals surface area contributed by atoms with E-state index in [9.17, 15) is 9.59 Å². The van der Waals surface area contributed by atoms with Crippen LogP contribution < -0.4 is 14.8 Å². The van der Waals surface area contributed by atoms with E-state index in [1.165, 1.54) is 13.8 Å². The van der Waals surface area contributed by atoms with Crippen molar-refractivity contribution in [3.63, 3.8) is 0 Å². The molecule has 1 amide bonds. The molecule has 0 fully saturated rings. The summed E-state index contributed by atoms with van der Waals surface area (Å²) in [5.74, 6) is -0.129. The molecule has 0 aromatic heterocycles. The predicted molar refractivity (Wildman–Crippen MR) is 116 cm³/mol. The summed E-state index contributed by atoms with van der Waals surface area (Å²) < 4.78 is 10.8. The van der Waals surface area contributed by atoms with Gasteiger partial charge < -0.3 is 19.9 Å². The maximum atomic E-state index is 12.6. The lowest BCUT2D eigenvalue weighted by atomic mass is 10.0. The topological polar surface area (TPSA) is 84.9 Å². The number of carboxylic acids is 1. The number of unbranched alkanes of at least 4 members (excludes halogenated alkanes) is 1. The highest BCUT2D eigenvalue weighted by atomic mass is 16.5. The summed E-state index contributed by atoms with van der Waals surface area (Å²) in [5.41, 5.74) is 1.40. The highest BCUT2D eigenvalue weighted by Crippen LogP contribution is 2.22. The van der Waals surface area contributed by atoms with Crippen LogP contribution in [-0.4, -0.2) is 36.2 Å². The Kier molecular flexibility index (Phi) is 8.27. The number of carbonyl (C=O) groups excluding carboxylic acids is 1. The molecule has 0 spiro atoms. The Labute approximate surface area is 178 Å². The molecule has 0 bridgehead atoms. The number of carboxylic acid groups (broad SMARTS) is 1. The van der Waals surface area contributed by atoms with Crippen LogP contribution in [0.15, 0.2) is 42.5 Å². The smallest absolute Gasteiger partial charge is 0.347 e. The number of aryl methyl sites for hydroxylation is 1. The summed E-state index contributed by atoms with van der Waals surface area (Å²) in [6.45, 7) is 5.62. The van der Waals surface area contributed by atoms with Crippen molar-refractivity contribution in [2.24, 2.45) is 0 Å². The normalized spacial score (nSPS) is 11.1. The highest BCUT2D eigenvalue weighted by Gasteiger charge is 2.29. The first-order valence-electron chi connectivity index (χ1n) is 10.2. The van der Waals surface area contributed by atoms with Crippen molar-refractivity contribution in [1.82, 2.24) is 5.32 Å². The maximum absolute atomic E-state index is 12.6. The zero-order chi connectivity index (χ0) is 22.1. The summed E-state index contributed by atoms with van der Waals surface area (Å²) in [7, 11) is 1.56. The molecule has 6 heteroatoms. The molecule has 0 radical (unpaired) electrons. The average molecular weight is 414 g/mol. The average Bonchev–Trinajstić information content (AvgIpc) is 2.72. The van der Waals surface area contributed by atoms with Crippen LogP contribution in [0.25, 0.3) is 0 Å². The zero-order valence-electron chi connectivity index (χ0n) is 18.2. The summed E-state index contributed by atoms with van der Waals surface area (Å²) >= 11 is 0. The van der Waals surface area contributed by atoms with Gasteiger partial charge in [-0.25, -0.2) is 4.79 Å². The summed E-state index contributed by atoms with van der Waals surface area (Å²) in [5, 5.41) is 12.1. The lowest BCUT2D eigenvalue weighted by Gasteiger charge is -2.21. The number of amides is 1. The van der Waals surface area contributed by atoms with Gasteiger partial charge in [-0.2, -0.15) is 0 Å². The first-order valence-corrected chi connectivity index (χ1v) is 10.2. The van der Waals surface area contributed by atoms with Crippen molar-refractivity contribution < 1.29 is 24.2 Å². The number of methoxy groups -OCH3 is 1. The van der Waals surface area contributed by atoms with Crippen LogP contribution in [0.2, 0.25) is 0 Å². The molecular formula is C24H31NO5. The van der Waals surface area contributed by atoms with Gasteiger partial charge in [-0.3, -0.25) is 4.79 Å². The van der Waals surface area contributed by atoms with Gasteiger partial charge in [0.05, 0.1) is 12.7 Å². The lowest BCUT2D eigenvalue weighted by molar-refractivity contribution is -0.152. The van der Waals surface area contributed by atoms with Gasteiger partial charge in [-0.1, -0.05) is 31.5 Å². The van der Waals surface area contributed by atoms with Crippen LogP contribution >= 0.6 is 0 Å². The van der Waals surface area contributed by atoms with E-state index in [-0.39, 0.29) is 5.91 Å².